The summed E-state index contributed by atoms with van der Waals surface area (Å²) in [6.07, 6.45) is 1.26. The molecule has 2 aromatic rings. The third kappa shape index (κ3) is 3.81. The zero-order valence-electron chi connectivity index (χ0n) is 17.7. The van der Waals surface area contributed by atoms with Gasteiger partial charge in [-0.2, -0.15) is 5.26 Å². The summed E-state index contributed by atoms with van der Waals surface area (Å²) in [4.78, 5) is 14.2. The molecule has 0 fully saturated rings. The molecule has 1 aromatic heterocycles. The molecule has 1 N–H and O–H groups in total. The molecule has 0 saturated carbocycles. The number of thiophene rings is 1. The molecule has 5 nitrogen and oxygen atoms in total. The van der Waals surface area contributed by atoms with E-state index in [1.165, 1.54) is 11.8 Å². The van der Waals surface area contributed by atoms with E-state index in [-0.39, 0.29) is 23.9 Å². The lowest BCUT2D eigenvalue weighted by atomic mass is 9.70. The van der Waals surface area contributed by atoms with Crippen LogP contribution in [0, 0.1) is 16.7 Å². The fourth-order valence-electron chi connectivity index (χ4n) is 4.45. The van der Waals surface area contributed by atoms with Gasteiger partial charge in [0.2, 0.25) is 6.79 Å². The van der Waals surface area contributed by atoms with Gasteiger partial charge in [-0.15, -0.1) is 23.1 Å². The van der Waals surface area contributed by atoms with Gasteiger partial charge < -0.3 is 14.8 Å². The van der Waals surface area contributed by atoms with Gasteiger partial charge in [0.1, 0.15) is 0 Å². The zero-order chi connectivity index (χ0) is 22.5. The van der Waals surface area contributed by atoms with Crippen molar-refractivity contribution in [2.24, 2.45) is 5.41 Å². The largest absolute Gasteiger partial charge is 0.454 e. The number of fused-ring (bicyclic) bond motifs is 1. The minimum Gasteiger partial charge on any atom is -0.454 e. The van der Waals surface area contributed by atoms with Crippen molar-refractivity contribution in [1.29, 1.82) is 5.26 Å². The molecule has 164 valence electrons. The van der Waals surface area contributed by atoms with E-state index >= 15 is 0 Å². The highest BCUT2D eigenvalue weighted by Crippen LogP contribution is 2.49. The highest BCUT2D eigenvalue weighted by atomic mass is 35.5. The maximum absolute atomic E-state index is 13.2. The molecule has 0 bridgehead atoms. The lowest BCUT2D eigenvalue weighted by molar-refractivity contribution is -0.118. The van der Waals surface area contributed by atoms with E-state index in [0.717, 1.165) is 33.2 Å². The predicted octanol–water partition coefficient (Wildman–Crippen LogP) is 6.13. The number of hydrogen-bond donors (Lipinski definition) is 1. The van der Waals surface area contributed by atoms with E-state index in [9.17, 15) is 10.1 Å². The molecule has 1 aliphatic carbocycles. The van der Waals surface area contributed by atoms with Crippen LogP contribution < -0.4 is 14.8 Å². The Morgan fingerprint density at radius 1 is 1.31 bits per heavy atom. The van der Waals surface area contributed by atoms with Crippen LogP contribution in [0.1, 0.15) is 43.0 Å². The molecule has 0 amide bonds. The van der Waals surface area contributed by atoms with Gasteiger partial charge in [0.05, 0.1) is 22.6 Å². The van der Waals surface area contributed by atoms with Crippen LogP contribution in [0.25, 0.3) is 0 Å². The van der Waals surface area contributed by atoms with E-state index in [1.54, 1.807) is 17.4 Å². The Labute approximate surface area is 200 Å². The molecule has 1 unspecified atom stereocenters. The number of thioether (sulfide) groups is 1. The topological polar surface area (TPSA) is 71.3 Å². The number of ether oxygens (including phenoxy) is 2. The number of ketones is 1. The first-order valence-corrected chi connectivity index (χ1v) is 12.5. The second-order valence-corrected chi connectivity index (χ2v) is 11.2. The van der Waals surface area contributed by atoms with Gasteiger partial charge in [-0.3, -0.25) is 4.79 Å². The minimum absolute atomic E-state index is 0.122. The Balaban J connectivity index is 1.51. The van der Waals surface area contributed by atoms with Crippen molar-refractivity contribution < 1.29 is 14.3 Å². The first kappa shape index (κ1) is 21.4. The monoisotopic (exact) mass is 484 g/mol. The van der Waals surface area contributed by atoms with Gasteiger partial charge in [-0.25, -0.2) is 0 Å². The molecule has 0 spiro atoms. The summed E-state index contributed by atoms with van der Waals surface area (Å²) in [7, 11) is 0. The normalized spacial score (nSPS) is 21.3. The number of halogens is 1. The Morgan fingerprint density at radius 3 is 2.81 bits per heavy atom. The SMILES string of the molecule is CC1(C)CC(=O)C2=C(C1)NC(SCc1cc3c(cc1Cl)OCO3)=C(C#N)C2c1cccs1. The Morgan fingerprint density at radius 2 is 2.09 bits per heavy atom. The first-order valence-electron chi connectivity index (χ1n) is 10.3. The van der Waals surface area contributed by atoms with Crippen molar-refractivity contribution in [2.75, 3.05) is 6.79 Å². The molecule has 0 radical (unpaired) electrons. The maximum atomic E-state index is 13.2. The fourth-order valence-corrected chi connectivity index (χ4v) is 6.65. The van der Waals surface area contributed by atoms with Crippen molar-refractivity contribution in [1.82, 2.24) is 5.32 Å². The molecule has 8 heteroatoms. The quantitative estimate of drug-likeness (QED) is 0.563. The summed E-state index contributed by atoms with van der Waals surface area (Å²) >= 11 is 9.57. The second kappa shape index (κ2) is 8.18. The first-order chi connectivity index (χ1) is 15.4. The van der Waals surface area contributed by atoms with Crippen molar-refractivity contribution in [3.8, 4) is 17.6 Å². The van der Waals surface area contributed by atoms with Gasteiger partial charge in [0.25, 0.3) is 0 Å². The van der Waals surface area contributed by atoms with E-state index in [2.05, 4.69) is 25.2 Å². The number of nitrogens with zero attached hydrogens (tertiary/aromatic N) is 1. The van der Waals surface area contributed by atoms with E-state index in [4.69, 9.17) is 21.1 Å². The summed E-state index contributed by atoms with van der Waals surface area (Å²) in [5.74, 6) is 1.68. The number of Topliss-reactive ketones (excluding diaryl/α,β-unsaturated/α-hetero) is 1. The second-order valence-electron chi connectivity index (χ2n) is 8.85. The third-order valence-corrected chi connectivity index (χ3v) is 8.22. The molecule has 3 aliphatic rings. The van der Waals surface area contributed by atoms with Gasteiger partial charge in [0, 0.05) is 39.4 Å². The minimum atomic E-state index is -0.324. The van der Waals surface area contributed by atoms with Crippen molar-refractivity contribution in [3.63, 3.8) is 0 Å². The smallest absolute Gasteiger partial charge is 0.231 e. The Hall–Kier alpha value is -2.40. The maximum Gasteiger partial charge on any atom is 0.231 e. The standard InChI is InChI=1S/C24H21ClN2O3S2/c1-24(2)8-16-22(17(28)9-24)21(20-4-3-5-31-20)14(10-26)23(27-16)32-11-13-6-18-19(7-15(13)25)30-12-29-18/h3-7,21,27H,8-9,11-12H2,1-2H3. The van der Waals surface area contributed by atoms with Crippen LogP contribution >= 0.6 is 34.7 Å². The Kier molecular flexibility index (Phi) is 5.48. The number of carbonyl (C=O) groups is 1. The number of carbonyl (C=O) groups excluding carboxylic acids is 1. The van der Waals surface area contributed by atoms with Crippen molar-refractivity contribution in [2.45, 2.75) is 38.4 Å². The van der Waals surface area contributed by atoms with Crippen molar-refractivity contribution in [3.05, 3.63) is 67.0 Å². The van der Waals surface area contributed by atoms with Gasteiger partial charge in [-0.05, 0) is 34.9 Å². The molecule has 1 aromatic carbocycles. The summed E-state index contributed by atoms with van der Waals surface area (Å²) in [6, 6.07) is 10.0. The molecule has 3 heterocycles. The lowest BCUT2D eigenvalue weighted by Gasteiger charge is -2.38. The van der Waals surface area contributed by atoms with Crippen LogP contribution in [0.3, 0.4) is 0 Å². The Bertz CT molecular complexity index is 1210. The molecule has 5 rings (SSSR count). The van der Waals surface area contributed by atoms with Crippen LogP contribution in [-0.4, -0.2) is 12.6 Å². The summed E-state index contributed by atoms with van der Waals surface area (Å²) in [5.41, 5.74) is 3.04. The number of hydrogen-bond acceptors (Lipinski definition) is 7. The number of dihydropyridines is 1. The summed E-state index contributed by atoms with van der Waals surface area (Å²) in [5, 5.41) is 17.0. The average molecular weight is 485 g/mol. The molecule has 2 aliphatic heterocycles. The summed E-state index contributed by atoms with van der Waals surface area (Å²) in [6.45, 7) is 4.41. The molecule has 0 saturated heterocycles. The van der Waals surface area contributed by atoms with Gasteiger partial charge in [-0.1, -0.05) is 31.5 Å². The molecular formula is C24H21ClN2O3S2. The third-order valence-electron chi connectivity index (χ3n) is 5.87. The van der Waals surface area contributed by atoms with E-state index in [0.29, 0.717) is 34.3 Å². The number of benzene rings is 1. The number of rotatable bonds is 4. The molecule has 32 heavy (non-hydrogen) atoms. The zero-order valence-corrected chi connectivity index (χ0v) is 20.0. The van der Waals surface area contributed by atoms with Gasteiger partial charge in [0.15, 0.2) is 17.3 Å². The number of nitrogens with one attached hydrogen (secondary N) is 1. The van der Waals surface area contributed by atoms with Crippen LogP contribution in [-0.2, 0) is 10.5 Å². The molecular weight excluding hydrogens is 464 g/mol. The molecule has 1 atom stereocenters. The average Bonchev–Trinajstić information content (AvgIpc) is 3.41. The lowest BCUT2D eigenvalue weighted by Crippen LogP contribution is -2.36. The summed E-state index contributed by atoms with van der Waals surface area (Å²) < 4.78 is 10.9. The fraction of sp³-hybridized carbons (Fsp3) is 0.333. The highest BCUT2D eigenvalue weighted by molar-refractivity contribution is 8.02. The number of allylic oxidation sites excluding steroid dienone is 3. The van der Waals surface area contributed by atoms with Crippen LogP contribution in [0.2, 0.25) is 5.02 Å². The van der Waals surface area contributed by atoms with Crippen LogP contribution in [0.15, 0.2) is 51.5 Å². The van der Waals surface area contributed by atoms with Crippen molar-refractivity contribution >= 4 is 40.5 Å². The predicted molar refractivity (Wildman–Crippen MR) is 127 cm³/mol. The highest BCUT2D eigenvalue weighted by Gasteiger charge is 2.42. The van der Waals surface area contributed by atoms with Gasteiger partial charge >= 0.3 is 0 Å². The van der Waals surface area contributed by atoms with E-state index in [1.807, 2.05) is 23.6 Å². The number of nitriles is 1. The van der Waals surface area contributed by atoms with E-state index < -0.39 is 0 Å². The van der Waals surface area contributed by atoms with Crippen LogP contribution in [0.4, 0.5) is 0 Å². The van der Waals surface area contributed by atoms with Crippen LogP contribution in [0.5, 0.6) is 11.5 Å².